The summed E-state index contributed by atoms with van der Waals surface area (Å²) in [5.74, 6) is 0.874. The zero-order valence-electron chi connectivity index (χ0n) is 16.5. The summed E-state index contributed by atoms with van der Waals surface area (Å²) in [5.41, 5.74) is 2.27. The maximum atomic E-state index is 10.2. The molecule has 162 valence electrons. The summed E-state index contributed by atoms with van der Waals surface area (Å²) in [4.78, 5) is 4.65. The first-order chi connectivity index (χ1) is 13.1. The van der Waals surface area contributed by atoms with Gasteiger partial charge >= 0.3 is 0 Å². The number of piperazine rings is 1. The van der Waals surface area contributed by atoms with E-state index in [0.717, 1.165) is 37.5 Å². The van der Waals surface area contributed by atoms with Crippen molar-refractivity contribution in [3.8, 4) is 5.75 Å². The second-order valence-corrected chi connectivity index (χ2v) is 7.22. The molecule has 29 heavy (non-hydrogen) atoms. The number of halogens is 3. The maximum absolute atomic E-state index is 10.2. The number of aliphatic hydroxyl groups is 1. The average molecular weight is 464 g/mol. The summed E-state index contributed by atoms with van der Waals surface area (Å²) in [6.45, 7) is 5.22. The van der Waals surface area contributed by atoms with Gasteiger partial charge in [0.15, 0.2) is 0 Å². The van der Waals surface area contributed by atoms with E-state index in [2.05, 4.69) is 21.9 Å². The monoisotopic (exact) mass is 462 g/mol. The van der Waals surface area contributed by atoms with Gasteiger partial charge in [0.1, 0.15) is 5.75 Å². The Kier molecular flexibility index (Phi) is 11.7. The lowest BCUT2D eigenvalue weighted by atomic mass is 10.2. The molecule has 0 saturated carbocycles. The third-order valence-electron chi connectivity index (χ3n) is 4.77. The molecule has 8 heteroatoms. The third kappa shape index (κ3) is 8.21. The molecular weight excluding hydrogens is 435 g/mol. The molecule has 1 aliphatic heterocycles. The number of ether oxygens (including phenoxy) is 2. The number of hydrogen-bond donors (Lipinski definition) is 1. The molecule has 1 N–H and O–H groups in total. The van der Waals surface area contributed by atoms with Crippen molar-refractivity contribution >= 4 is 42.1 Å². The zero-order chi connectivity index (χ0) is 19.1. The van der Waals surface area contributed by atoms with Crippen LogP contribution in [-0.2, 0) is 11.3 Å². The van der Waals surface area contributed by atoms with Gasteiger partial charge in [-0.1, -0.05) is 23.7 Å². The predicted octanol–water partition coefficient (Wildman–Crippen LogP) is 3.89. The lowest BCUT2D eigenvalue weighted by molar-refractivity contribution is 0.00914. The van der Waals surface area contributed by atoms with Gasteiger partial charge in [-0.05, 0) is 42.0 Å². The van der Waals surface area contributed by atoms with E-state index in [1.807, 2.05) is 36.4 Å². The van der Waals surface area contributed by atoms with Crippen molar-refractivity contribution in [3.63, 3.8) is 0 Å². The van der Waals surface area contributed by atoms with Crippen molar-refractivity contribution < 1.29 is 14.6 Å². The van der Waals surface area contributed by atoms with Gasteiger partial charge in [0.25, 0.3) is 0 Å². The number of hydrogen-bond acceptors (Lipinski definition) is 5. The third-order valence-corrected chi connectivity index (χ3v) is 5.02. The van der Waals surface area contributed by atoms with Crippen LogP contribution in [0.2, 0.25) is 5.02 Å². The smallest absolute Gasteiger partial charge is 0.119 e. The molecule has 0 spiro atoms. The minimum absolute atomic E-state index is 0. The van der Waals surface area contributed by atoms with Crippen molar-refractivity contribution in [1.82, 2.24) is 4.90 Å². The van der Waals surface area contributed by atoms with Crippen molar-refractivity contribution in [2.24, 2.45) is 0 Å². The molecule has 1 atom stereocenters. The molecule has 1 saturated heterocycles. The Balaban J connectivity index is 0.00000210. The molecule has 5 nitrogen and oxygen atoms in total. The first-order valence-electron chi connectivity index (χ1n) is 9.25. The van der Waals surface area contributed by atoms with E-state index in [9.17, 15) is 5.11 Å². The van der Waals surface area contributed by atoms with Crippen molar-refractivity contribution in [2.45, 2.75) is 12.7 Å². The zero-order valence-corrected chi connectivity index (χ0v) is 18.9. The van der Waals surface area contributed by atoms with E-state index >= 15 is 0 Å². The second-order valence-electron chi connectivity index (χ2n) is 6.78. The highest BCUT2D eigenvalue weighted by atomic mass is 35.5. The van der Waals surface area contributed by atoms with Crippen LogP contribution in [-0.4, -0.2) is 62.6 Å². The Hall–Kier alpha value is -1.21. The Morgan fingerprint density at radius 2 is 1.59 bits per heavy atom. The number of aliphatic hydroxyl groups excluding tert-OH is 1. The molecule has 0 radical (unpaired) electrons. The fourth-order valence-electron chi connectivity index (χ4n) is 3.23. The summed E-state index contributed by atoms with van der Waals surface area (Å²) in [6.07, 6.45) is -0.482. The van der Waals surface area contributed by atoms with Crippen LogP contribution in [0, 0.1) is 0 Å². The minimum Gasteiger partial charge on any atom is -0.497 e. The summed E-state index contributed by atoms with van der Waals surface area (Å²) < 4.78 is 10.8. The molecule has 1 unspecified atom stereocenters. The molecule has 0 aliphatic carbocycles. The molecule has 0 aromatic heterocycles. The highest BCUT2D eigenvalue weighted by Crippen LogP contribution is 2.20. The molecule has 0 amide bonds. The molecule has 2 aromatic carbocycles. The average Bonchev–Trinajstić information content (AvgIpc) is 2.70. The van der Waals surface area contributed by atoms with Crippen LogP contribution >= 0.6 is 36.4 Å². The van der Waals surface area contributed by atoms with Crippen LogP contribution in [0.15, 0.2) is 48.5 Å². The highest BCUT2D eigenvalue weighted by Gasteiger charge is 2.19. The predicted molar refractivity (Wildman–Crippen MR) is 123 cm³/mol. The van der Waals surface area contributed by atoms with Crippen LogP contribution in [0.3, 0.4) is 0 Å². The Bertz CT molecular complexity index is 693. The minimum atomic E-state index is -0.482. The number of anilines is 1. The lowest BCUT2D eigenvalue weighted by Crippen LogP contribution is -2.49. The van der Waals surface area contributed by atoms with E-state index in [-0.39, 0.29) is 24.8 Å². The summed E-state index contributed by atoms with van der Waals surface area (Å²) in [6, 6.07) is 15.7. The maximum Gasteiger partial charge on any atom is 0.119 e. The van der Waals surface area contributed by atoms with Crippen LogP contribution in [0.4, 0.5) is 5.69 Å². The van der Waals surface area contributed by atoms with Crippen LogP contribution in [0.5, 0.6) is 5.75 Å². The quantitative estimate of drug-likeness (QED) is 0.643. The van der Waals surface area contributed by atoms with Crippen molar-refractivity contribution in [2.75, 3.05) is 51.3 Å². The fourth-order valence-corrected chi connectivity index (χ4v) is 3.35. The largest absolute Gasteiger partial charge is 0.497 e. The van der Waals surface area contributed by atoms with Gasteiger partial charge in [0.05, 0.1) is 26.4 Å². The molecular formula is C21H29Cl3N2O3. The lowest BCUT2D eigenvalue weighted by Gasteiger charge is -2.36. The normalized spacial score (nSPS) is 15.2. The molecule has 1 heterocycles. The van der Waals surface area contributed by atoms with Crippen LogP contribution in [0.1, 0.15) is 5.56 Å². The van der Waals surface area contributed by atoms with Gasteiger partial charge in [-0.3, -0.25) is 4.90 Å². The Morgan fingerprint density at radius 3 is 2.17 bits per heavy atom. The first-order valence-corrected chi connectivity index (χ1v) is 9.63. The van der Waals surface area contributed by atoms with Crippen molar-refractivity contribution in [1.29, 1.82) is 0 Å². The van der Waals surface area contributed by atoms with Crippen molar-refractivity contribution in [3.05, 3.63) is 59.1 Å². The van der Waals surface area contributed by atoms with E-state index < -0.39 is 6.10 Å². The standard InChI is InChI=1S/C21H27ClN2O3.2ClH/c1-26-21-8-6-19(7-9-21)24-12-10-23(11-13-24)14-20(25)16-27-15-17-2-4-18(22)5-3-17;;/h2-9,20,25H,10-16H2,1H3;2*1H. The molecule has 2 aromatic rings. The number of methoxy groups -OCH3 is 1. The fraction of sp³-hybridized carbons (Fsp3) is 0.429. The SMILES string of the molecule is COc1ccc(N2CCN(CC(O)COCc3ccc(Cl)cc3)CC2)cc1.Cl.Cl. The molecule has 0 bridgehead atoms. The van der Waals surface area contributed by atoms with E-state index in [0.29, 0.717) is 24.8 Å². The van der Waals surface area contributed by atoms with E-state index in [1.54, 1.807) is 7.11 Å². The second kappa shape index (κ2) is 13.2. The molecule has 1 aliphatic rings. The van der Waals surface area contributed by atoms with Crippen LogP contribution < -0.4 is 9.64 Å². The van der Waals surface area contributed by atoms with Gasteiger partial charge < -0.3 is 19.5 Å². The summed E-state index contributed by atoms with van der Waals surface area (Å²) in [5, 5.41) is 11.0. The number of β-amino-alcohol motifs (C(OH)–C–C–N with tert-alkyl or cyclic N) is 1. The van der Waals surface area contributed by atoms with Gasteiger partial charge in [0, 0.05) is 43.4 Å². The van der Waals surface area contributed by atoms with Gasteiger partial charge in [-0.25, -0.2) is 0 Å². The Morgan fingerprint density at radius 1 is 0.966 bits per heavy atom. The van der Waals surface area contributed by atoms with E-state index in [1.165, 1.54) is 5.69 Å². The molecule has 1 fully saturated rings. The first kappa shape index (κ1) is 25.8. The summed E-state index contributed by atoms with van der Waals surface area (Å²) in [7, 11) is 1.68. The summed E-state index contributed by atoms with van der Waals surface area (Å²) >= 11 is 5.87. The van der Waals surface area contributed by atoms with Crippen LogP contribution in [0.25, 0.3) is 0 Å². The van der Waals surface area contributed by atoms with E-state index in [4.69, 9.17) is 21.1 Å². The number of nitrogens with zero attached hydrogens (tertiary/aromatic N) is 2. The number of rotatable bonds is 8. The van der Waals surface area contributed by atoms with Gasteiger partial charge in [-0.15, -0.1) is 24.8 Å². The van der Waals surface area contributed by atoms with Gasteiger partial charge in [-0.2, -0.15) is 0 Å². The topological polar surface area (TPSA) is 45.2 Å². The van der Waals surface area contributed by atoms with Gasteiger partial charge in [0.2, 0.25) is 0 Å². The molecule has 3 rings (SSSR count). The Labute approximate surface area is 190 Å². The number of benzene rings is 2. The highest BCUT2D eigenvalue weighted by molar-refractivity contribution is 6.30.